The summed E-state index contributed by atoms with van der Waals surface area (Å²) >= 11 is 6.95. The lowest BCUT2D eigenvalue weighted by molar-refractivity contribution is 0.663. The Balaban J connectivity index is 1.40. The Morgan fingerprint density at radius 3 is 1.58 bits per heavy atom. The molecule has 0 saturated carbocycles. The van der Waals surface area contributed by atoms with E-state index in [9.17, 15) is 0 Å². The van der Waals surface area contributed by atoms with Crippen LogP contribution in [0.5, 0.6) is 0 Å². The molecule has 0 bridgehead atoms. The summed E-state index contributed by atoms with van der Waals surface area (Å²) in [5, 5.41) is 3.55. The van der Waals surface area contributed by atoms with Gasteiger partial charge in [0, 0.05) is 22.0 Å². The topological polar surface area (TPSA) is 31.2 Å². The maximum Gasteiger partial charge on any atom is 0.181 e. The minimum atomic E-state index is 0.0399. The molecule has 0 atom stereocenters. The molecule has 0 aromatic heterocycles. The summed E-state index contributed by atoms with van der Waals surface area (Å²) in [6, 6.07) is 16.3. The highest BCUT2D eigenvalue weighted by Gasteiger charge is 2.45. The maximum atomic E-state index is 4.87. The number of nitrogens with zero attached hydrogens (tertiary/aromatic N) is 4. The molecule has 3 aliphatic rings. The molecule has 1 fully saturated rings. The Morgan fingerprint density at radius 1 is 0.731 bits per heavy atom. The van der Waals surface area contributed by atoms with Crippen LogP contribution in [0.15, 0.2) is 67.5 Å². The molecule has 0 amide bonds. The molecule has 3 heterocycles. The van der Waals surface area contributed by atoms with Gasteiger partial charge in [-0.15, -0.1) is 0 Å². The first kappa shape index (κ1) is 17.4. The van der Waals surface area contributed by atoms with E-state index in [0.29, 0.717) is 0 Å². The van der Waals surface area contributed by atoms with Gasteiger partial charge in [0.2, 0.25) is 0 Å². The van der Waals surface area contributed by atoms with Crippen molar-refractivity contribution in [2.45, 2.75) is 0 Å². The lowest BCUT2D eigenvalue weighted by atomic mass is 10.3. The van der Waals surface area contributed by atoms with E-state index in [-0.39, 0.29) is 8.55 Å². The predicted molar refractivity (Wildman–Crippen MR) is 124 cm³/mol. The van der Waals surface area contributed by atoms with Gasteiger partial charge in [0.15, 0.2) is 15.4 Å². The standard InChI is InChI=1S/C17H12Br2N4S3/c18-11-1-5-13(6-2-11)20-15-22-9-10-23-16(25-26(24-15)17(22)23)21-14-7-3-12(19)4-8-14/h1-8H,9-10H2. The molecule has 3 aliphatic heterocycles. The third-order valence-corrected chi connectivity index (χ3v) is 11.0. The summed E-state index contributed by atoms with van der Waals surface area (Å²) in [4.78, 5) is 14.4. The van der Waals surface area contributed by atoms with Gasteiger partial charge in [-0.2, -0.15) is 0 Å². The molecule has 0 unspecified atom stereocenters. The number of hydrogen-bond acceptors (Lipinski definition) is 4. The molecular formula is C17H12Br2N4S3. The first-order chi connectivity index (χ1) is 12.7. The van der Waals surface area contributed by atoms with Crippen LogP contribution in [0.1, 0.15) is 0 Å². The van der Waals surface area contributed by atoms with E-state index in [2.05, 4.69) is 41.7 Å². The summed E-state index contributed by atoms with van der Waals surface area (Å²) in [5.74, 6) is 0. The van der Waals surface area contributed by atoms with Crippen LogP contribution in [0.3, 0.4) is 0 Å². The van der Waals surface area contributed by atoms with E-state index in [1.807, 2.05) is 70.1 Å². The zero-order chi connectivity index (χ0) is 17.7. The molecule has 26 heavy (non-hydrogen) atoms. The third kappa shape index (κ3) is 3.17. The number of amidine groups is 2. The SMILES string of the molecule is Brc1ccc(N=C2SS3=C4N2CCN4C(=Nc2ccc(Br)cc2)S3)cc1. The Labute approximate surface area is 178 Å². The Kier molecular flexibility index (Phi) is 4.68. The summed E-state index contributed by atoms with van der Waals surface area (Å²) in [7, 11) is 3.74. The van der Waals surface area contributed by atoms with E-state index in [1.54, 1.807) is 0 Å². The van der Waals surface area contributed by atoms with Gasteiger partial charge in [-0.1, -0.05) is 31.9 Å². The molecular weight excluding hydrogens is 516 g/mol. The van der Waals surface area contributed by atoms with Crippen LogP contribution in [-0.4, -0.2) is 38.3 Å². The van der Waals surface area contributed by atoms with Crippen molar-refractivity contribution in [3.63, 3.8) is 0 Å². The zero-order valence-electron chi connectivity index (χ0n) is 13.3. The highest BCUT2D eigenvalue weighted by Crippen LogP contribution is 2.58. The van der Waals surface area contributed by atoms with Crippen LogP contribution in [0, 0.1) is 0 Å². The van der Waals surface area contributed by atoms with Gasteiger partial charge in [0.05, 0.1) is 11.4 Å². The van der Waals surface area contributed by atoms with Crippen molar-refractivity contribution in [1.29, 1.82) is 0 Å². The van der Waals surface area contributed by atoms with Gasteiger partial charge < -0.3 is 0 Å². The molecule has 0 N–H and O–H groups in total. The van der Waals surface area contributed by atoms with Crippen molar-refractivity contribution in [2.24, 2.45) is 9.98 Å². The number of benzene rings is 2. The van der Waals surface area contributed by atoms with Crippen LogP contribution in [0.4, 0.5) is 11.4 Å². The van der Waals surface area contributed by atoms with Crippen molar-refractivity contribution >= 4 is 88.8 Å². The van der Waals surface area contributed by atoms with Crippen molar-refractivity contribution < 1.29 is 0 Å². The molecule has 5 rings (SSSR count). The summed E-state index contributed by atoms with van der Waals surface area (Å²) in [6.07, 6.45) is 0. The summed E-state index contributed by atoms with van der Waals surface area (Å²) in [6.45, 7) is 1.95. The average molecular weight is 528 g/mol. The third-order valence-electron chi connectivity index (χ3n) is 4.02. The second kappa shape index (κ2) is 7.01. The van der Waals surface area contributed by atoms with Crippen molar-refractivity contribution in [3.05, 3.63) is 57.5 Å². The molecule has 0 spiro atoms. The molecule has 1 saturated heterocycles. The normalized spacial score (nSPS) is 24.2. The van der Waals surface area contributed by atoms with E-state index in [4.69, 9.17) is 9.98 Å². The molecule has 2 aromatic carbocycles. The largest absolute Gasteiger partial charge is 0.298 e. The number of rotatable bonds is 2. The number of hydrogen-bond donors (Lipinski definition) is 0. The molecule has 0 aliphatic carbocycles. The zero-order valence-corrected chi connectivity index (χ0v) is 18.9. The lowest BCUT2D eigenvalue weighted by Gasteiger charge is -2.16. The quantitative estimate of drug-likeness (QED) is 0.344. The first-order valence-electron chi connectivity index (χ1n) is 7.89. The van der Waals surface area contributed by atoms with Crippen LogP contribution in [0.2, 0.25) is 0 Å². The van der Waals surface area contributed by atoms with Gasteiger partial charge >= 0.3 is 0 Å². The number of aliphatic imine (C=N–C) groups is 2. The second-order valence-corrected chi connectivity index (χ2v) is 13.1. The summed E-state index contributed by atoms with van der Waals surface area (Å²) in [5.41, 5.74) is 1.99. The predicted octanol–water partition coefficient (Wildman–Crippen LogP) is 6.18. The molecule has 0 radical (unpaired) electrons. The van der Waals surface area contributed by atoms with Gasteiger partial charge in [0.25, 0.3) is 0 Å². The minimum absolute atomic E-state index is 0.0399. The average Bonchev–Trinajstić information content (AvgIpc) is 3.29. The van der Waals surface area contributed by atoms with Crippen molar-refractivity contribution in [3.8, 4) is 0 Å². The smallest absolute Gasteiger partial charge is 0.181 e. The number of halogens is 2. The van der Waals surface area contributed by atoms with Gasteiger partial charge in [-0.05, 0) is 78.7 Å². The van der Waals surface area contributed by atoms with E-state index in [1.165, 1.54) is 5.11 Å². The van der Waals surface area contributed by atoms with Crippen molar-refractivity contribution in [2.75, 3.05) is 13.1 Å². The van der Waals surface area contributed by atoms with Gasteiger partial charge in [-0.3, -0.25) is 9.80 Å². The highest BCUT2D eigenvalue weighted by molar-refractivity contribution is 9.21. The van der Waals surface area contributed by atoms with Gasteiger partial charge in [0.1, 0.15) is 0 Å². The molecule has 4 nitrogen and oxygen atoms in total. The molecule has 9 heteroatoms. The van der Waals surface area contributed by atoms with E-state index in [0.717, 1.165) is 43.7 Å². The molecule has 2 aromatic rings. The van der Waals surface area contributed by atoms with E-state index >= 15 is 0 Å². The Bertz CT molecular complexity index is 893. The van der Waals surface area contributed by atoms with Crippen LogP contribution >= 0.6 is 62.0 Å². The van der Waals surface area contributed by atoms with Crippen molar-refractivity contribution in [1.82, 2.24) is 9.80 Å². The van der Waals surface area contributed by atoms with Crippen LogP contribution < -0.4 is 0 Å². The van der Waals surface area contributed by atoms with Crippen LogP contribution in [-0.2, 0) is 0 Å². The van der Waals surface area contributed by atoms with E-state index < -0.39 is 0 Å². The monoisotopic (exact) mass is 526 g/mol. The maximum absolute atomic E-state index is 4.87. The van der Waals surface area contributed by atoms with Crippen LogP contribution in [0.25, 0.3) is 0 Å². The fourth-order valence-corrected chi connectivity index (χ4v) is 10.0. The summed E-state index contributed by atoms with van der Waals surface area (Å²) < 4.78 is 2.15. The van der Waals surface area contributed by atoms with Gasteiger partial charge in [-0.25, -0.2) is 9.98 Å². The highest BCUT2D eigenvalue weighted by atomic mass is 79.9. The lowest BCUT2D eigenvalue weighted by Crippen LogP contribution is -2.32. The fraction of sp³-hybridized carbons (Fsp3) is 0.118. The fourth-order valence-electron chi connectivity index (χ4n) is 2.80. The second-order valence-electron chi connectivity index (χ2n) is 5.73. The molecule has 132 valence electrons. The Hall–Kier alpha value is -0.740. The Morgan fingerprint density at radius 2 is 1.15 bits per heavy atom. The first-order valence-corrected chi connectivity index (χ1v) is 13.4. The minimum Gasteiger partial charge on any atom is -0.298 e.